The van der Waals surface area contributed by atoms with Gasteiger partial charge in [0.05, 0.1) is 6.10 Å². The SMILES string of the molecule is O=C(O)[C@@H]1C[C@@H](O)CN1C(=O)c1cccc(OC(F)F)c1. The number of rotatable bonds is 4. The van der Waals surface area contributed by atoms with E-state index in [0.717, 1.165) is 11.0 Å². The molecule has 1 heterocycles. The molecule has 21 heavy (non-hydrogen) atoms. The van der Waals surface area contributed by atoms with Crippen molar-refractivity contribution in [2.24, 2.45) is 0 Å². The lowest BCUT2D eigenvalue weighted by Gasteiger charge is -2.21. The fourth-order valence-corrected chi connectivity index (χ4v) is 2.24. The van der Waals surface area contributed by atoms with E-state index in [1.807, 2.05) is 0 Å². The number of carbonyl (C=O) groups excluding carboxylic acids is 1. The van der Waals surface area contributed by atoms with Crippen LogP contribution in [0.3, 0.4) is 0 Å². The first-order chi connectivity index (χ1) is 9.88. The Morgan fingerprint density at radius 2 is 2.10 bits per heavy atom. The summed E-state index contributed by atoms with van der Waals surface area (Å²) in [4.78, 5) is 24.3. The molecule has 0 radical (unpaired) electrons. The molecule has 8 heteroatoms. The summed E-state index contributed by atoms with van der Waals surface area (Å²) < 4.78 is 28.5. The van der Waals surface area contributed by atoms with Crippen LogP contribution in [0, 0.1) is 0 Å². The van der Waals surface area contributed by atoms with Gasteiger partial charge in [-0.05, 0) is 18.2 Å². The molecule has 1 aromatic rings. The zero-order valence-corrected chi connectivity index (χ0v) is 10.8. The number of carboxylic acid groups (broad SMARTS) is 1. The van der Waals surface area contributed by atoms with Gasteiger partial charge < -0.3 is 19.8 Å². The second-order valence-electron chi connectivity index (χ2n) is 4.61. The number of carboxylic acids is 1. The third kappa shape index (κ3) is 3.46. The standard InChI is InChI=1S/C13H13F2NO5/c14-13(15)21-9-3-1-2-7(4-9)11(18)16-6-8(17)5-10(16)12(19)20/h1-4,8,10,13,17H,5-6H2,(H,19,20)/t8-,10+/m1/s1. The molecular weight excluding hydrogens is 288 g/mol. The first kappa shape index (κ1) is 15.2. The van der Waals surface area contributed by atoms with Gasteiger partial charge in [-0.15, -0.1) is 0 Å². The number of nitrogens with zero attached hydrogens (tertiary/aromatic N) is 1. The molecule has 6 nitrogen and oxygen atoms in total. The molecule has 2 N–H and O–H groups in total. The number of hydrogen-bond acceptors (Lipinski definition) is 4. The van der Waals surface area contributed by atoms with Crippen LogP contribution in [-0.4, -0.2) is 52.3 Å². The van der Waals surface area contributed by atoms with Crippen molar-refractivity contribution >= 4 is 11.9 Å². The predicted octanol–water partition coefficient (Wildman–Crippen LogP) is 0.948. The van der Waals surface area contributed by atoms with E-state index in [0.29, 0.717) is 0 Å². The molecule has 0 unspecified atom stereocenters. The van der Waals surface area contributed by atoms with Crippen molar-refractivity contribution in [3.8, 4) is 5.75 Å². The van der Waals surface area contributed by atoms with Gasteiger partial charge in [-0.3, -0.25) is 4.79 Å². The molecule has 1 saturated heterocycles. The average molecular weight is 301 g/mol. The summed E-state index contributed by atoms with van der Waals surface area (Å²) in [6, 6.07) is 3.96. The Morgan fingerprint density at radius 3 is 2.71 bits per heavy atom. The largest absolute Gasteiger partial charge is 0.480 e. The van der Waals surface area contributed by atoms with Gasteiger partial charge in [-0.25, -0.2) is 4.79 Å². The lowest BCUT2D eigenvalue weighted by atomic mass is 10.1. The number of benzene rings is 1. The first-order valence-corrected chi connectivity index (χ1v) is 6.15. The van der Waals surface area contributed by atoms with Crippen LogP contribution in [0.15, 0.2) is 24.3 Å². The quantitative estimate of drug-likeness (QED) is 0.864. The zero-order chi connectivity index (χ0) is 15.6. The number of carbonyl (C=O) groups is 2. The van der Waals surface area contributed by atoms with Crippen molar-refractivity contribution < 1.29 is 33.3 Å². The highest BCUT2D eigenvalue weighted by Crippen LogP contribution is 2.23. The van der Waals surface area contributed by atoms with Crippen molar-refractivity contribution in [3.05, 3.63) is 29.8 Å². The van der Waals surface area contributed by atoms with Gasteiger partial charge in [0.1, 0.15) is 11.8 Å². The molecule has 114 valence electrons. The van der Waals surface area contributed by atoms with E-state index < -0.39 is 30.6 Å². The normalized spacial score (nSPS) is 21.6. The Labute approximate surface area is 118 Å². The second kappa shape index (κ2) is 6.04. The Bertz CT molecular complexity index is 551. The van der Waals surface area contributed by atoms with Gasteiger partial charge in [-0.1, -0.05) is 6.07 Å². The summed E-state index contributed by atoms with van der Waals surface area (Å²) in [5.74, 6) is -2.07. The minimum Gasteiger partial charge on any atom is -0.480 e. The zero-order valence-electron chi connectivity index (χ0n) is 10.8. The molecule has 0 spiro atoms. The van der Waals surface area contributed by atoms with E-state index in [4.69, 9.17) is 5.11 Å². The van der Waals surface area contributed by atoms with Crippen LogP contribution in [0.4, 0.5) is 8.78 Å². The maximum absolute atomic E-state index is 12.3. The third-order valence-corrected chi connectivity index (χ3v) is 3.13. The smallest absolute Gasteiger partial charge is 0.387 e. The fraction of sp³-hybridized carbons (Fsp3) is 0.385. The van der Waals surface area contributed by atoms with Gasteiger partial charge in [0.25, 0.3) is 5.91 Å². The monoisotopic (exact) mass is 301 g/mol. The highest BCUT2D eigenvalue weighted by atomic mass is 19.3. The fourth-order valence-electron chi connectivity index (χ4n) is 2.24. The maximum Gasteiger partial charge on any atom is 0.387 e. The summed E-state index contributed by atoms with van der Waals surface area (Å²) in [6.45, 7) is -3.13. The summed E-state index contributed by atoms with van der Waals surface area (Å²) in [7, 11) is 0. The summed E-state index contributed by atoms with van der Waals surface area (Å²) in [5.41, 5.74) is 0.0218. The number of ether oxygens (including phenoxy) is 1. The van der Waals surface area contributed by atoms with Crippen molar-refractivity contribution in [2.75, 3.05) is 6.54 Å². The van der Waals surface area contributed by atoms with Gasteiger partial charge in [-0.2, -0.15) is 8.78 Å². The summed E-state index contributed by atoms with van der Waals surface area (Å²) >= 11 is 0. The molecule has 0 aromatic heterocycles. The highest BCUT2D eigenvalue weighted by Gasteiger charge is 2.39. The van der Waals surface area contributed by atoms with Crippen LogP contribution in [-0.2, 0) is 4.79 Å². The average Bonchev–Trinajstić information content (AvgIpc) is 2.80. The molecule has 1 fully saturated rings. The number of aliphatic carboxylic acids is 1. The Hall–Kier alpha value is -2.22. The van der Waals surface area contributed by atoms with Gasteiger partial charge in [0, 0.05) is 18.5 Å². The lowest BCUT2D eigenvalue weighted by molar-refractivity contribution is -0.141. The second-order valence-corrected chi connectivity index (χ2v) is 4.61. The molecule has 2 atom stereocenters. The van der Waals surface area contributed by atoms with Gasteiger partial charge in [0.15, 0.2) is 0 Å². The molecule has 0 saturated carbocycles. The van der Waals surface area contributed by atoms with Crippen LogP contribution in [0.5, 0.6) is 5.75 Å². The number of β-amino-alcohol motifs (C(OH)–C–C–N with tert-alkyl or cyclic N) is 1. The summed E-state index contributed by atoms with van der Waals surface area (Å²) in [5, 5.41) is 18.5. The minimum absolute atomic E-state index is 0.0218. The predicted molar refractivity (Wildman–Crippen MR) is 66.2 cm³/mol. The van der Waals surface area contributed by atoms with Gasteiger partial charge in [0.2, 0.25) is 0 Å². The Balaban J connectivity index is 2.21. The van der Waals surface area contributed by atoms with Crippen molar-refractivity contribution in [1.29, 1.82) is 0 Å². The minimum atomic E-state index is -3.02. The lowest BCUT2D eigenvalue weighted by Crippen LogP contribution is -2.40. The number of halogens is 2. The molecule has 1 aromatic carbocycles. The maximum atomic E-state index is 12.3. The Morgan fingerprint density at radius 1 is 1.38 bits per heavy atom. The highest BCUT2D eigenvalue weighted by molar-refractivity contribution is 5.97. The van der Waals surface area contributed by atoms with Crippen molar-refractivity contribution in [1.82, 2.24) is 4.90 Å². The molecular formula is C13H13F2NO5. The molecule has 1 amide bonds. The van der Waals surface area contributed by atoms with Gasteiger partial charge >= 0.3 is 12.6 Å². The van der Waals surface area contributed by atoms with E-state index in [-0.39, 0.29) is 24.3 Å². The Kier molecular flexibility index (Phi) is 4.37. The van der Waals surface area contributed by atoms with E-state index in [1.54, 1.807) is 0 Å². The molecule has 0 aliphatic carbocycles. The van der Waals surface area contributed by atoms with E-state index in [1.165, 1.54) is 18.2 Å². The number of aliphatic hydroxyl groups is 1. The van der Waals surface area contributed by atoms with Crippen LogP contribution in [0.2, 0.25) is 0 Å². The molecule has 1 aliphatic heterocycles. The molecule has 1 aliphatic rings. The van der Waals surface area contributed by atoms with Crippen molar-refractivity contribution in [3.63, 3.8) is 0 Å². The number of hydrogen-bond donors (Lipinski definition) is 2. The molecule has 2 rings (SSSR count). The van der Waals surface area contributed by atoms with E-state index in [2.05, 4.69) is 4.74 Å². The number of alkyl halides is 2. The number of aliphatic hydroxyl groups excluding tert-OH is 1. The number of amides is 1. The van der Waals surface area contributed by atoms with Crippen LogP contribution in [0.1, 0.15) is 16.8 Å². The van der Waals surface area contributed by atoms with Crippen LogP contribution < -0.4 is 4.74 Å². The third-order valence-electron chi connectivity index (χ3n) is 3.13. The van der Waals surface area contributed by atoms with Crippen molar-refractivity contribution in [2.45, 2.75) is 25.2 Å². The number of likely N-dealkylation sites (tertiary alicyclic amines) is 1. The van der Waals surface area contributed by atoms with E-state index in [9.17, 15) is 23.5 Å². The summed E-state index contributed by atoms with van der Waals surface area (Å²) in [6.07, 6.45) is -0.982. The van der Waals surface area contributed by atoms with Crippen LogP contribution >= 0.6 is 0 Å². The van der Waals surface area contributed by atoms with Crippen LogP contribution in [0.25, 0.3) is 0 Å². The topological polar surface area (TPSA) is 87.1 Å². The first-order valence-electron chi connectivity index (χ1n) is 6.15. The van der Waals surface area contributed by atoms with E-state index >= 15 is 0 Å². The molecule has 0 bridgehead atoms.